The van der Waals surface area contributed by atoms with Crippen molar-refractivity contribution in [3.05, 3.63) is 23.8 Å². The van der Waals surface area contributed by atoms with Crippen LogP contribution in [0.15, 0.2) is 18.2 Å². The van der Waals surface area contributed by atoms with Crippen molar-refractivity contribution in [1.29, 1.82) is 0 Å². The summed E-state index contributed by atoms with van der Waals surface area (Å²) in [6.45, 7) is 5.94. The van der Waals surface area contributed by atoms with E-state index in [1.54, 1.807) is 0 Å². The summed E-state index contributed by atoms with van der Waals surface area (Å²) in [5, 5.41) is 2.87. The fourth-order valence-corrected chi connectivity index (χ4v) is 1.95. The molecular weight excluding hydrogens is 202 g/mol. The molecule has 1 aromatic carbocycles. The van der Waals surface area contributed by atoms with Gasteiger partial charge in [-0.3, -0.25) is 4.79 Å². The second kappa shape index (κ2) is 3.81. The van der Waals surface area contributed by atoms with Crippen LogP contribution < -0.4 is 10.1 Å². The van der Waals surface area contributed by atoms with Gasteiger partial charge in [0.15, 0.2) is 0 Å². The summed E-state index contributed by atoms with van der Waals surface area (Å²) in [4.78, 5) is 11.4. The van der Waals surface area contributed by atoms with Crippen LogP contribution in [-0.2, 0) is 11.2 Å². The van der Waals surface area contributed by atoms with Crippen molar-refractivity contribution in [1.82, 2.24) is 0 Å². The monoisotopic (exact) mass is 219 g/mol. The number of hydrogen-bond acceptors (Lipinski definition) is 2. The number of benzene rings is 1. The highest BCUT2D eigenvalue weighted by molar-refractivity contribution is 5.92. The maximum Gasteiger partial charge on any atom is 0.224 e. The van der Waals surface area contributed by atoms with E-state index in [1.165, 1.54) is 5.56 Å². The Morgan fingerprint density at radius 3 is 2.94 bits per heavy atom. The van der Waals surface area contributed by atoms with E-state index in [0.717, 1.165) is 17.9 Å². The quantitative estimate of drug-likeness (QED) is 0.830. The molecule has 1 aromatic rings. The molecule has 0 saturated heterocycles. The molecule has 1 aliphatic rings. The highest BCUT2D eigenvalue weighted by Crippen LogP contribution is 2.40. The Morgan fingerprint density at radius 2 is 2.25 bits per heavy atom. The molecule has 3 nitrogen and oxygen atoms in total. The predicted molar refractivity (Wildman–Crippen MR) is 63.8 cm³/mol. The van der Waals surface area contributed by atoms with Crippen molar-refractivity contribution in [3.8, 4) is 5.75 Å². The summed E-state index contributed by atoms with van der Waals surface area (Å²) in [6, 6.07) is 5.88. The zero-order chi connectivity index (χ0) is 11.8. The Balaban J connectivity index is 2.30. The number of carbonyl (C=O) groups is 1. The van der Waals surface area contributed by atoms with Crippen LogP contribution in [0.4, 0.5) is 5.69 Å². The van der Waals surface area contributed by atoms with Gasteiger partial charge >= 0.3 is 0 Å². The molecule has 0 fully saturated rings. The first kappa shape index (κ1) is 11.0. The highest BCUT2D eigenvalue weighted by Gasteiger charge is 2.31. The third-order valence-corrected chi connectivity index (χ3v) is 2.69. The molecule has 1 N–H and O–H groups in total. The van der Waals surface area contributed by atoms with Crippen molar-refractivity contribution in [2.75, 3.05) is 5.32 Å². The van der Waals surface area contributed by atoms with Gasteiger partial charge in [0.1, 0.15) is 11.4 Å². The number of para-hydroxylation sites is 1. The third-order valence-electron chi connectivity index (χ3n) is 2.69. The summed E-state index contributed by atoms with van der Waals surface area (Å²) in [5.74, 6) is 0.844. The van der Waals surface area contributed by atoms with Crippen LogP contribution in [-0.4, -0.2) is 11.5 Å². The van der Waals surface area contributed by atoms with Crippen molar-refractivity contribution in [2.45, 2.75) is 39.2 Å². The molecule has 1 amide bonds. The van der Waals surface area contributed by atoms with Gasteiger partial charge in [-0.05, 0) is 19.9 Å². The number of hydrogen-bond donors (Lipinski definition) is 1. The van der Waals surface area contributed by atoms with Crippen LogP contribution in [0, 0.1) is 0 Å². The van der Waals surface area contributed by atoms with Gasteiger partial charge in [-0.2, -0.15) is 0 Å². The Bertz CT molecular complexity index is 424. The summed E-state index contributed by atoms with van der Waals surface area (Å²) >= 11 is 0. The minimum absolute atomic E-state index is 0.0155. The zero-order valence-electron chi connectivity index (χ0n) is 9.96. The molecular formula is C13H17NO2. The van der Waals surface area contributed by atoms with Crippen LogP contribution in [0.1, 0.15) is 32.8 Å². The van der Waals surface area contributed by atoms with Gasteiger partial charge in [-0.15, -0.1) is 0 Å². The minimum atomic E-state index is -0.171. The largest absolute Gasteiger partial charge is 0.485 e. The first-order valence-electron chi connectivity index (χ1n) is 5.62. The lowest BCUT2D eigenvalue weighted by Gasteiger charge is -2.18. The fraction of sp³-hybridized carbons (Fsp3) is 0.462. The molecule has 0 spiro atoms. The first-order valence-corrected chi connectivity index (χ1v) is 5.62. The lowest BCUT2D eigenvalue weighted by Crippen LogP contribution is -2.25. The molecule has 0 aliphatic carbocycles. The number of rotatable bonds is 2. The summed E-state index contributed by atoms with van der Waals surface area (Å²) < 4.78 is 5.86. The minimum Gasteiger partial charge on any atom is -0.485 e. The molecule has 0 aromatic heterocycles. The molecule has 16 heavy (non-hydrogen) atoms. The molecule has 86 valence electrons. The number of carbonyl (C=O) groups excluding carboxylic acids is 1. The average molecular weight is 219 g/mol. The number of fused-ring (bicyclic) bond motifs is 1. The molecule has 3 heteroatoms. The van der Waals surface area contributed by atoms with E-state index in [1.807, 2.05) is 25.1 Å². The lowest BCUT2D eigenvalue weighted by atomic mass is 10.0. The van der Waals surface area contributed by atoms with Gasteiger partial charge in [0, 0.05) is 18.4 Å². The Kier molecular flexibility index (Phi) is 2.62. The molecule has 0 radical (unpaired) electrons. The SMILES string of the molecule is CCC(=O)Nc1cccc2c1OC(C)(C)C2. The van der Waals surface area contributed by atoms with E-state index in [2.05, 4.69) is 19.2 Å². The molecule has 0 unspecified atom stereocenters. The van der Waals surface area contributed by atoms with Gasteiger partial charge in [0.05, 0.1) is 5.69 Å². The van der Waals surface area contributed by atoms with Crippen LogP contribution in [0.5, 0.6) is 5.75 Å². The van der Waals surface area contributed by atoms with E-state index >= 15 is 0 Å². The predicted octanol–water partition coefficient (Wildman–Crippen LogP) is 2.75. The van der Waals surface area contributed by atoms with Crippen molar-refractivity contribution in [2.24, 2.45) is 0 Å². The number of anilines is 1. The highest BCUT2D eigenvalue weighted by atomic mass is 16.5. The molecule has 0 atom stereocenters. The van der Waals surface area contributed by atoms with E-state index in [9.17, 15) is 4.79 Å². The van der Waals surface area contributed by atoms with Gasteiger partial charge < -0.3 is 10.1 Å². The smallest absolute Gasteiger partial charge is 0.224 e. The van der Waals surface area contributed by atoms with Crippen LogP contribution in [0.25, 0.3) is 0 Å². The maximum absolute atomic E-state index is 11.4. The number of nitrogens with one attached hydrogen (secondary N) is 1. The van der Waals surface area contributed by atoms with Gasteiger partial charge in [0.2, 0.25) is 5.91 Å². The molecule has 2 rings (SSSR count). The summed E-state index contributed by atoms with van der Waals surface area (Å²) in [7, 11) is 0. The van der Waals surface area contributed by atoms with Gasteiger partial charge in [-0.25, -0.2) is 0 Å². The van der Waals surface area contributed by atoms with E-state index in [4.69, 9.17) is 4.74 Å². The normalized spacial score (nSPS) is 16.4. The number of ether oxygens (including phenoxy) is 1. The second-order valence-electron chi connectivity index (χ2n) is 4.73. The molecule has 1 aliphatic heterocycles. The Morgan fingerprint density at radius 1 is 1.50 bits per heavy atom. The van der Waals surface area contributed by atoms with Crippen molar-refractivity contribution in [3.63, 3.8) is 0 Å². The Labute approximate surface area is 95.8 Å². The van der Waals surface area contributed by atoms with Gasteiger partial charge in [0.25, 0.3) is 0 Å². The standard InChI is InChI=1S/C13H17NO2/c1-4-11(15)14-10-7-5-6-9-8-13(2,3)16-12(9)10/h5-7H,4,8H2,1-3H3,(H,14,15). The van der Waals surface area contributed by atoms with E-state index in [0.29, 0.717) is 6.42 Å². The average Bonchev–Trinajstić information content (AvgIpc) is 2.53. The van der Waals surface area contributed by atoms with Crippen molar-refractivity contribution >= 4 is 11.6 Å². The molecule has 1 heterocycles. The van der Waals surface area contributed by atoms with Crippen LogP contribution in [0.2, 0.25) is 0 Å². The zero-order valence-corrected chi connectivity index (χ0v) is 9.96. The summed E-state index contributed by atoms with van der Waals surface area (Å²) in [5.41, 5.74) is 1.78. The summed E-state index contributed by atoms with van der Waals surface area (Å²) in [6.07, 6.45) is 1.37. The second-order valence-corrected chi connectivity index (χ2v) is 4.73. The van der Waals surface area contributed by atoms with Crippen LogP contribution in [0.3, 0.4) is 0 Å². The fourth-order valence-electron chi connectivity index (χ4n) is 1.95. The number of amides is 1. The Hall–Kier alpha value is -1.51. The topological polar surface area (TPSA) is 38.3 Å². The van der Waals surface area contributed by atoms with E-state index < -0.39 is 0 Å². The van der Waals surface area contributed by atoms with Crippen LogP contribution >= 0.6 is 0 Å². The maximum atomic E-state index is 11.4. The first-order chi connectivity index (χ1) is 7.52. The van der Waals surface area contributed by atoms with E-state index in [-0.39, 0.29) is 11.5 Å². The third kappa shape index (κ3) is 2.03. The van der Waals surface area contributed by atoms with Crippen molar-refractivity contribution < 1.29 is 9.53 Å². The molecule has 0 bridgehead atoms. The van der Waals surface area contributed by atoms with Gasteiger partial charge in [-0.1, -0.05) is 19.1 Å². The lowest BCUT2D eigenvalue weighted by molar-refractivity contribution is -0.115. The molecule has 0 saturated carbocycles.